The van der Waals surface area contributed by atoms with Crippen LogP contribution in [0, 0.1) is 6.92 Å². The summed E-state index contributed by atoms with van der Waals surface area (Å²) < 4.78 is 7.56. The third kappa shape index (κ3) is 6.82. The monoisotopic (exact) mass is 531 g/mol. The van der Waals surface area contributed by atoms with Crippen molar-refractivity contribution in [2.24, 2.45) is 0 Å². The van der Waals surface area contributed by atoms with Crippen LogP contribution in [0.2, 0.25) is 0 Å². The standard InChI is InChI=1S/C33H29N3O4/c1-23-7-9-24(10-8-23)11-12-26-15-18-31-34-30(21-36(31)20-26)32(37)35-29(33(38)39)19-25-13-16-28(17-14-25)40-22-27-5-3-2-4-6-27/h2-18,20-21,29H,19,22H2,1H3,(H,35,37)(H,38,39). The summed E-state index contributed by atoms with van der Waals surface area (Å²) in [5.74, 6) is -0.984. The van der Waals surface area contributed by atoms with E-state index >= 15 is 0 Å². The number of nitrogens with one attached hydrogen (secondary N) is 1. The van der Waals surface area contributed by atoms with E-state index in [1.54, 1.807) is 34.9 Å². The second-order valence-corrected chi connectivity index (χ2v) is 9.58. The molecule has 0 spiro atoms. The molecule has 7 nitrogen and oxygen atoms in total. The highest BCUT2D eigenvalue weighted by Crippen LogP contribution is 2.16. The van der Waals surface area contributed by atoms with Crippen LogP contribution < -0.4 is 10.1 Å². The van der Waals surface area contributed by atoms with Crippen LogP contribution in [-0.4, -0.2) is 32.4 Å². The first-order valence-corrected chi connectivity index (χ1v) is 13.0. The number of aryl methyl sites for hydroxylation is 1. The van der Waals surface area contributed by atoms with Crippen LogP contribution in [0.4, 0.5) is 0 Å². The highest BCUT2D eigenvalue weighted by Gasteiger charge is 2.22. The van der Waals surface area contributed by atoms with Crippen molar-refractivity contribution in [1.82, 2.24) is 14.7 Å². The van der Waals surface area contributed by atoms with Crippen LogP contribution in [0.15, 0.2) is 103 Å². The minimum absolute atomic E-state index is 0.126. The molecule has 0 bridgehead atoms. The molecule has 1 amide bonds. The number of imidazole rings is 1. The van der Waals surface area contributed by atoms with E-state index < -0.39 is 17.9 Å². The zero-order chi connectivity index (χ0) is 27.9. The molecule has 0 aliphatic rings. The van der Waals surface area contributed by atoms with Crippen molar-refractivity contribution in [2.45, 2.75) is 26.0 Å². The Balaban J connectivity index is 1.21. The Labute approximate surface area is 232 Å². The lowest BCUT2D eigenvalue weighted by atomic mass is 10.1. The molecule has 1 atom stereocenters. The lowest BCUT2D eigenvalue weighted by Crippen LogP contribution is -2.42. The zero-order valence-electron chi connectivity index (χ0n) is 22.0. The van der Waals surface area contributed by atoms with Gasteiger partial charge in [-0.2, -0.15) is 0 Å². The van der Waals surface area contributed by atoms with E-state index in [0.717, 1.165) is 22.3 Å². The maximum Gasteiger partial charge on any atom is 0.326 e. The van der Waals surface area contributed by atoms with Crippen LogP contribution in [0.5, 0.6) is 5.75 Å². The fourth-order valence-corrected chi connectivity index (χ4v) is 4.22. The van der Waals surface area contributed by atoms with Gasteiger partial charge in [-0.15, -0.1) is 0 Å². The molecule has 0 saturated heterocycles. The summed E-state index contributed by atoms with van der Waals surface area (Å²) in [5.41, 5.74) is 5.80. The molecule has 2 N–H and O–H groups in total. The molecule has 40 heavy (non-hydrogen) atoms. The van der Waals surface area contributed by atoms with E-state index in [2.05, 4.69) is 34.6 Å². The predicted molar refractivity (Wildman–Crippen MR) is 155 cm³/mol. The molecule has 1 unspecified atom stereocenters. The SMILES string of the molecule is Cc1ccc(C=Cc2ccc3nc(C(=O)NC(Cc4ccc(OCc5ccccc5)cc4)C(=O)O)cn3c2)cc1. The summed E-state index contributed by atoms with van der Waals surface area (Å²) in [5, 5.41) is 12.4. The Morgan fingerprint density at radius 2 is 1.57 bits per heavy atom. The highest BCUT2D eigenvalue weighted by atomic mass is 16.5. The molecule has 5 aromatic rings. The van der Waals surface area contributed by atoms with Crippen molar-refractivity contribution in [1.29, 1.82) is 0 Å². The largest absolute Gasteiger partial charge is 0.489 e. The van der Waals surface area contributed by atoms with Gasteiger partial charge in [0.25, 0.3) is 5.91 Å². The number of amides is 1. The quantitative estimate of drug-likeness (QED) is 0.237. The second-order valence-electron chi connectivity index (χ2n) is 9.58. The average Bonchev–Trinajstić information content (AvgIpc) is 3.40. The molecule has 2 aromatic heterocycles. The molecular formula is C33H29N3O4. The fourth-order valence-electron chi connectivity index (χ4n) is 4.22. The van der Waals surface area contributed by atoms with E-state index in [9.17, 15) is 14.7 Å². The number of hydrogen-bond acceptors (Lipinski definition) is 4. The van der Waals surface area contributed by atoms with Crippen molar-refractivity contribution in [3.05, 3.63) is 137 Å². The number of nitrogens with zero attached hydrogens (tertiary/aromatic N) is 2. The third-order valence-corrected chi connectivity index (χ3v) is 6.47. The first-order valence-electron chi connectivity index (χ1n) is 13.0. The Bertz CT molecular complexity index is 1640. The van der Waals surface area contributed by atoms with Gasteiger partial charge in [0.05, 0.1) is 0 Å². The average molecular weight is 532 g/mol. The van der Waals surface area contributed by atoms with Crippen molar-refractivity contribution in [2.75, 3.05) is 0 Å². The number of carbonyl (C=O) groups excluding carboxylic acids is 1. The molecule has 0 aliphatic carbocycles. The van der Waals surface area contributed by atoms with Gasteiger partial charge in [0, 0.05) is 18.8 Å². The number of carbonyl (C=O) groups is 2. The van der Waals surface area contributed by atoms with Gasteiger partial charge in [0.2, 0.25) is 0 Å². The Kier molecular flexibility index (Phi) is 8.02. The molecule has 200 valence electrons. The minimum Gasteiger partial charge on any atom is -0.489 e. The number of aromatic nitrogens is 2. The van der Waals surface area contributed by atoms with Gasteiger partial charge in [-0.05, 0) is 53.4 Å². The topological polar surface area (TPSA) is 92.9 Å². The summed E-state index contributed by atoms with van der Waals surface area (Å²) in [6.07, 6.45) is 7.61. The highest BCUT2D eigenvalue weighted by molar-refractivity contribution is 5.95. The fraction of sp³-hybridized carbons (Fsp3) is 0.121. The third-order valence-electron chi connectivity index (χ3n) is 6.47. The Hall–Kier alpha value is -5.17. The smallest absolute Gasteiger partial charge is 0.326 e. The van der Waals surface area contributed by atoms with Crippen LogP contribution in [-0.2, 0) is 17.8 Å². The van der Waals surface area contributed by atoms with Crippen LogP contribution >= 0.6 is 0 Å². The summed E-state index contributed by atoms with van der Waals surface area (Å²) >= 11 is 0. The van der Waals surface area contributed by atoms with Crippen LogP contribution in [0.1, 0.15) is 38.3 Å². The van der Waals surface area contributed by atoms with Gasteiger partial charge in [-0.25, -0.2) is 9.78 Å². The summed E-state index contributed by atoms with van der Waals surface area (Å²) in [7, 11) is 0. The van der Waals surface area contributed by atoms with Crippen LogP contribution in [0.25, 0.3) is 17.8 Å². The molecular weight excluding hydrogens is 502 g/mol. The number of hydrogen-bond donors (Lipinski definition) is 2. The number of ether oxygens (including phenoxy) is 1. The van der Waals surface area contributed by atoms with E-state index in [-0.39, 0.29) is 12.1 Å². The van der Waals surface area contributed by atoms with Gasteiger partial charge in [-0.1, -0.05) is 84.4 Å². The molecule has 0 aliphatic heterocycles. The summed E-state index contributed by atoms with van der Waals surface area (Å²) in [6, 6.07) is 27.9. The molecule has 0 radical (unpaired) electrons. The van der Waals surface area contributed by atoms with E-state index in [0.29, 0.717) is 18.0 Å². The molecule has 2 heterocycles. The summed E-state index contributed by atoms with van der Waals surface area (Å²) in [4.78, 5) is 29.3. The van der Waals surface area contributed by atoms with Gasteiger partial charge in [0.1, 0.15) is 29.7 Å². The van der Waals surface area contributed by atoms with Crippen molar-refractivity contribution >= 4 is 29.7 Å². The normalized spacial score (nSPS) is 11.9. The van der Waals surface area contributed by atoms with Crippen LogP contribution in [0.3, 0.4) is 0 Å². The molecule has 3 aromatic carbocycles. The number of aliphatic carboxylic acids is 1. The first kappa shape index (κ1) is 26.4. The molecule has 0 fully saturated rings. The van der Waals surface area contributed by atoms with E-state index in [1.165, 1.54) is 5.56 Å². The second kappa shape index (κ2) is 12.1. The number of fused-ring (bicyclic) bond motifs is 1. The van der Waals surface area contributed by atoms with Crippen molar-refractivity contribution in [3.8, 4) is 5.75 Å². The van der Waals surface area contributed by atoms with Crippen molar-refractivity contribution < 1.29 is 19.4 Å². The maximum absolute atomic E-state index is 12.9. The van der Waals surface area contributed by atoms with Crippen molar-refractivity contribution in [3.63, 3.8) is 0 Å². The molecule has 7 heteroatoms. The van der Waals surface area contributed by atoms with E-state index in [1.807, 2.05) is 67.7 Å². The van der Waals surface area contributed by atoms with Gasteiger partial charge >= 0.3 is 5.97 Å². The number of benzene rings is 3. The number of rotatable bonds is 10. The van der Waals surface area contributed by atoms with E-state index in [4.69, 9.17) is 4.74 Å². The number of carboxylic acids is 1. The number of pyridine rings is 1. The lowest BCUT2D eigenvalue weighted by Gasteiger charge is -2.14. The Morgan fingerprint density at radius 3 is 2.30 bits per heavy atom. The predicted octanol–water partition coefficient (Wildman–Crippen LogP) is 5.82. The summed E-state index contributed by atoms with van der Waals surface area (Å²) in [6.45, 7) is 2.49. The Morgan fingerprint density at radius 1 is 0.875 bits per heavy atom. The minimum atomic E-state index is -1.12. The molecule has 0 saturated carbocycles. The number of carboxylic acid groups (broad SMARTS) is 1. The van der Waals surface area contributed by atoms with Gasteiger partial charge < -0.3 is 19.6 Å². The zero-order valence-corrected chi connectivity index (χ0v) is 22.0. The van der Waals surface area contributed by atoms with Gasteiger partial charge in [0.15, 0.2) is 0 Å². The van der Waals surface area contributed by atoms with Gasteiger partial charge in [-0.3, -0.25) is 4.79 Å². The maximum atomic E-state index is 12.9. The first-order chi connectivity index (χ1) is 19.4. The molecule has 5 rings (SSSR count). The lowest BCUT2D eigenvalue weighted by molar-refractivity contribution is -0.139.